The zero-order valence-electron chi connectivity index (χ0n) is 13.4. The molecule has 1 N–H and O–H groups in total. The van der Waals surface area contributed by atoms with Crippen molar-refractivity contribution < 1.29 is 48.6 Å². The lowest BCUT2D eigenvalue weighted by atomic mass is 10.1. The molecule has 13 heteroatoms. The second-order valence-electron chi connectivity index (χ2n) is 5.88. The predicted molar refractivity (Wildman–Crippen MR) is 74.1 cm³/mol. The highest BCUT2D eigenvalue weighted by atomic mass is 32.2. The molecule has 0 unspecified atom stereocenters. The van der Waals surface area contributed by atoms with E-state index in [1.165, 1.54) is 26.3 Å². The summed E-state index contributed by atoms with van der Waals surface area (Å²) in [7, 11) is -5.19. The van der Waals surface area contributed by atoms with Gasteiger partial charge < -0.3 is 4.74 Å². The van der Waals surface area contributed by atoms with Crippen LogP contribution < -0.4 is 5.48 Å². The van der Waals surface area contributed by atoms with Gasteiger partial charge in [0.2, 0.25) is 0 Å². The molecule has 0 aliphatic rings. The normalized spacial score (nSPS) is 13.4. The van der Waals surface area contributed by atoms with Crippen molar-refractivity contribution in [2.45, 2.75) is 43.6 Å². The van der Waals surface area contributed by atoms with Gasteiger partial charge in [-0.15, -0.1) is 4.28 Å². The summed E-state index contributed by atoms with van der Waals surface area (Å²) in [5.41, 5.74) is -3.49. The van der Waals surface area contributed by atoms with E-state index in [0.29, 0.717) is 0 Å². The molecule has 1 amide bonds. The van der Waals surface area contributed by atoms with E-state index in [-0.39, 0.29) is 18.2 Å². The van der Waals surface area contributed by atoms with Crippen LogP contribution in [-0.2, 0) is 31.5 Å². The number of hydrogen-bond donors (Lipinski definition) is 1. The minimum atomic E-state index is -5.25. The first-order valence-corrected chi connectivity index (χ1v) is 8.04. The van der Waals surface area contributed by atoms with E-state index in [4.69, 9.17) is 0 Å². The fourth-order valence-corrected chi connectivity index (χ4v) is 2.32. The highest BCUT2D eigenvalue weighted by Gasteiger charge is 2.38. The summed E-state index contributed by atoms with van der Waals surface area (Å²) in [6.07, 6.45) is -11.9. The lowest BCUT2D eigenvalue weighted by Gasteiger charge is -2.19. The van der Waals surface area contributed by atoms with Crippen LogP contribution in [0.2, 0.25) is 0 Å². The van der Waals surface area contributed by atoms with Crippen LogP contribution in [0.1, 0.15) is 31.9 Å². The van der Waals surface area contributed by atoms with Crippen molar-refractivity contribution >= 4 is 16.2 Å². The Labute approximate surface area is 144 Å². The number of halogens is 6. The molecule has 0 fully saturated rings. The lowest BCUT2D eigenvalue weighted by Crippen LogP contribution is -2.34. The Morgan fingerprint density at radius 1 is 0.923 bits per heavy atom. The molecule has 148 valence electrons. The summed E-state index contributed by atoms with van der Waals surface area (Å²) in [5, 5.41) is 0. The summed E-state index contributed by atoms with van der Waals surface area (Å²) in [4.78, 5) is 9.86. The van der Waals surface area contributed by atoms with E-state index < -0.39 is 50.2 Å². The zero-order valence-corrected chi connectivity index (χ0v) is 14.3. The molecule has 0 spiro atoms. The summed E-state index contributed by atoms with van der Waals surface area (Å²) < 4.78 is 109. The van der Waals surface area contributed by atoms with Gasteiger partial charge >= 0.3 is 28.6 Å². The lowest BCUT2D eigenvalue weighted by molar-refractivity contribution is -0.143. The maximum absolute atomic E-state index is 12.7. The zero-order chi connectivity index (χ0) is 20.6. The summed E-state index contributed by atoms with van der Waals surface area (Å²) >= 11 is 0. The fourth-order valence-electron chi connectivity index (χ4n) is 1.51. The second kappa shape index (κ2) is 6.95. The van der Waals surface area contributed by atoms with Gasteiger partial charge in [0.1, 0.15) is 5.60 Å². The monoisotopic (exact) mass is 409 g/mol. The molecule has 6 nitrogen and oxygen atoms in total. The number of carbonyl (C=O) groups excluding carboxylic acids is 1. The van der Waals surface area contributed by atoms with Crippen LogP contribution in [0.15, 0.2) is 23.1 Å². The smallest absolute Gasteiger partial charge is 0.432 e. The summed E-state index contributed by atoms with van der Waals surface area (Å²) in [5.74, 6) is 0. The molecule has 0 heterocycles. The van der Waals surface area contributed by atoms with Crippen molar-refractivity contribution in [1.82, 2.24) is 5.48 Å². The van der Waals surface area contributed by atoms with Crippen LogP contribution in [0.4, 0.5) is 31.1 Å². The van der Waals surface area contributed by atoms with Gasteiger partial charge in [0.15, 0.2) is 0 Å². The van der Waals surface area contributed by atoms with Crippen molar-refractivity contribution in [1.29, 1.82) is 0 Å². The van der Waals surface area contributed by atoms with Gasteiger partial charge in [-0.1, -0.05) is 0 Å². The standard InChI is InChI=1S/C13H13F6NO5S/c1-11(2,3)24-10(21)20-25-26(22,23)9-5-7(12(14,15)16)4-8(6-9)13(17,18)19/h4-6H,1-3H3,(H,20,21). The van der Waals surface area contributed by atoms with Gasteiger partial charge in [0.25, 0.3) is 0 Å². The van der Waals surface area contributed by atoms with Crippen LogP contribution in [0.3, 0.4) is 0 Å². The van der Waals surface area contributed by atoms with Crippen molar-refractivity contribution in [3.05, 3.63) is 29.3 Å². The molecular formula is C13H13F6NO5S. The van der Waals surface area contributed by atoms with Gasteiger partial charge in [0, 0.05) is 0 Å². The highest BCUT2D eigenvalue weighted by Crippen LogP contribution is 2.37. The van der Waals surface area contributed by atoms with Gasteiger partial charge in [0.05, 0.1) is 16.0 Å². The molecule has 0 saturated carbocycles. The molecule has 0 saturated heterocycles. The van der Waals surface area contributed by atoms with Crippen LogP contribution >= 0.6 is 0 Å². The minimum Gasteiger partial charge on any atom is -0.442 e. The Balaban J connectivity index is 3.21. The Hall–Kier alpha value is -2.02. The molecule has 0 bridgehead atoms. The molecule has 26 heavy (non-hydrogen) atoms. The Bertz CT molecular complexity index is 747. The van der Waals surface area contributed by atoms with Gasteiger partial charge in [-0.25, -0.2) is 4.79 Å². The number of hydrogen-bond acceptors (Lipinski definition) is 5. The Kier molecular flexibility index (Phi) is 5.88. The maximum Gasteiger partial charge on any atom is 0.432 e. The van der Waals surface area contributed by atoms with Gasteiger partial charge in [-0.3, -0.25) is 0 Å². The second-order valence-corrected chi connectivity index (χ2v) is 7.43. The molecular weight excluding hydrogens is 396 g/mol. The van der Waals surface area contributed by atoms with Gasteiger partial charge in [-0.05, 0) is 39.0 Å². The van der Waals surface area contributed by atoms with Crippen molar-refractivity contribution in [3.63, 3.8) is 0 Å². The number of ether oxygens (including phenoxy) is 1. The molecule has 0 aliphatic carbocycles. The topological polar surface area (TPSA) is 81.7 Å². The van der Waals surface area contributed by atoms with E-state index >= 15 is 0 Å². The number of rotatable bonds is 3. The maximum atomic E-state index is 12.7. The third-order valence-corrected chi connectivity index (χ3v) is 3.60. The first kappa shape index (κ1) is 22.0. The molecule has 1 aromatic rings. The van der Waals surface area contributed by atoms with Crippen molar-refractivity contribution in [2.24, 2.45) is 0 Å². The van der Waals surface area contributed by atoms with E-state index in [9.17, 15) is 39.6 Å². The fraction of sp³-hybridized carbons (Fsp3) is 0.462. The third kappa shape index (κ3) is 6.37. The molecule has 0 aliphatic heterocycles. The average molecular weight is 409 g/mol. The van der Waals surface area contributed by atoms with Crippen molar-refractivity contribution in [2.75, 3.05) is 0 Å². The van der Waals surface area contributed by atoms with E-state index in [2.05, 4.69) is 9.02 Å². The molecule has 0 radical (unpaired) electrons. The van der Waals surface area contributed by atoms with E-state index in [0.717, 1.165) is 0 Å². The van der Waals surface area contributed by atoms with Crippen LogP contribution in [0, 0.1) is 0 Å². The number of benzene rings is 1. The van der Waals surface area contributed by atoms with Crippen LogP contribution in [0.5, 0.6) is 0 Å². The number of amides is 1. The Morgan fingerprint density at radius 2 is 1.35 bits per heavy atom. The van der Waals surface area contributed by atoms with Crippen LogP contribution in [-0.4, -0.2) is 20.1 Å². The number of alkyl halides is 6. The predicted octanol–water partition coefficient (Wildman–Crippen LogP) is 3.87. The summed E-state index contributed by atoms with van der Waals surface area (Å²) in [6.45, 7) is 4.26. The quantitative estimate of drug-likeness (QED) is 0.606. The SMILES string of the molecule is CC(C)(C)OC(=O)NOS(=O)(=O)c1cc(C(F)(F)F)cc(C(F)(F)F)c1. The average Bonchev–Trinajstić information content (AvgIpc) is 2.41. The first-order valence-electron chi connectivity index (χ1n) is 6.64. The molecule has 0 aromatic heterocycles. The Morgan fingerprint density at radius 3 is 1.69 bits per heavy atom. The summed E-state index contributed by atoms with van der Waals surface area (Å²) in [6, 6.07) is -0.358. The molecule has 1 aromatic carbocycles. The largest absolute Gasteiger partial charge is 0.442 e. The molecule has 0 atom stereocenters. The number of nitrogens with one attached hydrogen (secondary N) is 1. The van der Waals surface area contributed by atoms with Crippen molar-refractivity contribution in [3.8, 4) is 0 Å². The van der Waals surface area contributed by atoms with E-state index in [1.54, 1.807) is 0 Å². The minimum absolute atomic E-state index is 0.0542. The van der Waals surface area contributed by atoms with Gasteiger partial charge in [-0.2, -0.15) is 40.2 Å². The van der Waals surface area contributed by atoms with E-state index in [1.807, 2.05) is 0 Å². The highest BCUT2D eigenvalue weighted by molar-refractivity contribution is 7.86. The number of hydroxylamine groups is 1. The van der Waals surface area contributed by atoms with Crippen LogP contribution in [0.25, 0.3) is 0 Å². The third-order valence-electron chi connectivity index (χ3n) is 2.48. The first-order chi connectivity index (χ1) is 11.4. The molecule has 1 rings (SSSR count). The number of carbonyl (C=O) groups is 1.